The van der Waals surface area contributed by atoms with Crippen molar-refractivity contribution in [1.29, 1.82) is 0 Å². The van der Waals surface area contributed by atoms with Gasteiger partial charge in [-0.05, 0) is 40.5 Å². The van der Waals surface area contributed by atoms with Crippen molar-refractivity contribution in [3.8, 4) is 0 Å². The zero-order valence-electron chi connectivity index (χ0n) is 12.5. The summed E-state index contributed by atoms with van der Waals surface area (Å²) < 4.78 is 0. The summed E-state index contributed by atoms with van der Waals surface area (Å²) in [5, 5.41) is 3.73. The molecular formula is C15H28N2O. The first-order valence-corrected chi connectivity index (χ1v) is 7.25. The predicted molar refractivity (Wildman–Crippen MR) is 74.7 cm³/mol. The van der Waals surface area contributed by atoms with E-state index in [-0.39, 0.29) is 17.0 Å². The Balaban J connectivity index is 2.06. The average Bonchev–Trinajstić information content (AvgIpc) is 2.17. The maximum absolute atomic E-state index is 11.6. The van der Waals surface area contributed by atoms with Crippen molar-refractivity contribution in [2.75, 3.05) is 13.1 Å². The summed E-state index contributed by atoms with van der Waals surface area (Å²) >= 11 is 0. The van der Waals surface area contributed by atoms with E-state index < -0.39 is 0 Å². The number of hydrogen-bond acceptors (Lipinski definition) is 3. The zero-order chi connectivity index (χ0) is 13.6. The van der Waals surface area contributed by atoms with Gasteiger partial charge in [-0.3, -0.25) is 9.69 Å². The van der Waals surface area contributed by atoms with Crippen molar-refractivity contribution >= 4 is 5.78 Å². The van der Waals surface area contributed by atoms with Crippen LogP contribution in [0.4, 0.5) is 0 Å². The summed E-state index contributed by atoms with van der Waals surface area (Å²) in [6.45, 7) is 13.2. The Morgan fingerprint density at radius 1 is 1.17 bits per heavy atom. The molecule has 2 rings (SSSR count). The summed E-state index contributed by atoms with van der Waals surface area (Å²) in [7, 11) is 0. The van der Waals surface area contributed by atoms with E-state index >= 15 is 0 Å². The molecule has 0 aromatic rings. The van der Waals surface area contributed by atoms with Crippen LogP contribution >= 0.6 is 0 Å². The first-order valence-electron chi connectivity index (χ1n) is 7.25. The van der Waals surface area contributed by atoms with Crippen molar-refractivity contribution in [2.24, 2.45) is 5.92 Å². The Morgan fingerprint density at radius 2 is 1.72 bits per heavy atom. The van der Waals surface area contributed by atoms with E-state index in [1.54, 1.807) is 0 Å². The lowest BCUT2D eigenvalue weighted by Crippen LogP contribution is -2.63. The molecule has 0 radical (unpaired) electrons. The number of piperidine rings is 2. The molecule has 18 heavy (non-hydrogen) atoms. The minimum atomic E-state index is 0.192. The van der Waals surface area contributed by atoms with E-state index in [4.69, 9.17) is 0 Å². The van der Waals surface area contributed by atoms with Gasteiger partial charge in [0.2, 0.25) is 0 Å². The third-order valence-electron chi connectivity index (χ3n) is 4.39. The topological polar surface area (TPSA) is 32.3 Å². The van der Waals surface area contributed by atoms with Crippen LogP contribution in [0, 0.1) is 5.92 Å². The second-order valence-corrected chi connectivity index (χ2v) is 7.57. The number of carbonyl (C=O) groups excluding carboxylic acids is 1. The third-order valence-corrected chi connectivity index (χ3v) is 4.39. The Bertz CT molecular complexity index is 319. The molecule has 0 aliphatic carbocycles. The molecule has 3 nitrogen and oxygen atoms in total. The van der Waals surface area contributed by atoms with Crippen molar-refractivity contribution in [3.05, 3.63) is 0 Å². The van der Waals surface area contributed by atoms with Crippen LogP contribution in [0.2, 0.25) is 0 Å². The van der Waals surface area contributed by atoms with Crippen molar-refractivity contribution in [1.82, 2.24) is 10.2 Å². The van der Waals surface area contributed by atoms with Crippen molar-refractivity contribution in [3.63, 3.8) is 0 Å². The van der Waals surface area contributed by atoms with Crippen LogP contribution in [0.25, 0.3) is 0 Å². The van der Waals surface area contributed by atoms with E-state index in [2.05, 4.69) is 44.8 Å². The number of Topliss-reactive ketones (excluding diaryl/α,β-unsaturated/α-hetero) is 1. The summed E-state index contributed by atoms with van der Waals surface area (Å²) in [5.41, 5.74) is 0.383. The van der Waals surface area contributed by atoms with Crippen LogP contribution in [-0.2, 0) is 4.79 Å². The molecule has 2 saturated heterocycles. The molecule has 1 N–H and O–H groups in total. The van der Waals surface area contributed by atoms with Gasteiger partial charge in [-0.2, -0.15) is 0 Å². The maximum Gasteiger partial charge on any atom is 0.138 e. The SMILES string of the molecule is C[C@H]1CN(C2CC(C)(C)NC(C)(C)C2)CCC1=O. The summed E-state index contributed by atoms with van der Waals surface area (Å²) in [5.74, 6) is 0.665. The minimum absolute atomic E-state index is 0.192. The van der Waals surface area contributed by atoms with Gasteiger partial charge in [-0.15, -0.1) is 0 Å². The highest BCUT2D eigenvalue weighted by molar-refractivity contribution is 5.81. The zero-order valence-corrected chi connectivity index (χ0v) is 12.5. The molecule has 3 heteroatoms. The second kappa shape index (κ2) is 4.61. The highest BCUT2D eigenvalue weighted by Gasteiger charge is 2.41. The van der Waals surface area contributed by atoms with Crippen molar-refractivity contribution < 1.29 is 4.79 Å². The molecule has 2 fully saturated rings. The van der Waals surface area contributed by atoms with Gasteiger partial charge in [0.25, 0.3) is 0 Å². The Hall–Kier alpha value is -0.410. The molecule has 2 aliphatic heterocycles. The molecule has 0 aromatic heterocycles. The first-order chi connectivity index (χ1) is 8.19. The smallest absolute Gasteiger partial charge is 0.138 e. The van der Waals surface area contributed by atoms with Gasteiger partial charge < -0.3 is 5.32 Å². The number of likely N-dealkylation sites (tertiary alicyclic amines) is 1. The van der Waals surface area contributed by atoms with Gasteiger partial charge in [0.1, 0.15) is 5.78 Å². The fourth-order valence-corrected chi connectivity index (χ4v) is 3.90. The van der Waals surface area contributed by atoms with Gasteiger partial charge in [0.05, 0.1) is 0 Å². The van der Waals surface area contributed by atoms with E-state index in [0.29, 0.717) is 11.8 Å². The second-order valence-electron chi connectivity index (χ2n) is 7.57. The van der Waals surface area contributed by atoms with Crippen molar-refractivity contribution in [2.45, 2.75) is 71.0 Å². The molecule has 0 unspecified atom stereocenters. The summed E-state index contributed by atoms with van der Waals surface area (Å²) in [6, 6.07) is 0.617. The molecule has 2 heterocycles. The van der Waals surface area contributed by atoms with Gasteiger partial charge in [-0.1, -0.05) is 6.92 Å². The number of ketones is 1. The molecule has 0 aromatic carbocycles. The van der Waals surface area contributed by atoms with E-state index in [1.165, 1.54) is 12.8 Å². The third kappa shape index (κ3) is 3.12. The standard InChI is InChI=1S/C15H28N2O/c1-11-10-17(7-6-13(11)18)12-8-14(2,3)16-15(4,5)9-12/h11-12,16H,6-10H2,1-5H3/t11-/m0/s1. The molecule has 104 valence electrons. The summed E-state index contributed by atoms with van der Waals surface area (Å²) in [6.07, 6.45) is 3.10. The molecule has 1 atom stereocenters. The van der Waals surface area contributed by atoms with E-state index in [0.717, 1.165) is 19.5 Å². The Kier molecular flexibility index (Phi) is 3.58. The molecule has 0 saturated carbocycles. The van der Waals surface area contributed by atoms with Crippen LogP contribution in [0.5, 0.6) is 0 Å². The quantitative estimate of drug-likeness (QED) is 0.776. The fourth-order valence-electron chi connectivity index (χ4n) is 3.90. The number of nitrogens with one attached hydrogen (secondary N) is 1. The van der Waals surface area contributed by atoms with Crippen LogP contribution in [0.3, 0.4) is 0 Å². The molecule has 0 amide bonds. The summed E-state index contributed by atoms with van der Waals surface area (Å²) in [4.78, 5) is 14.2. The van der Waals surface area contributed by atoms with Crippen LogP contribution < -0.4 is 5.32 Å². The lowest BCUT2D eigenvalue weighted by Gasteiger charge is -2.50. The van der Waals surface area contributed by atoms with Gasteiger partial charge in [-0.25, -0.2) is 0 Å². The number of nitrogens with zero attached hydrogens (tertiary/aromatic N) is 1. The number of rotatable bonds is 1. The average molecular weight is 252 g/mol. The fraction of sp³-hybridized carbons (Fsp3) is 0.933. The van der Waals surface area contributed by atoms with Gasteiger partial charge in [0.15, 0.2) is 0 Å². The number of carbonyl (C=O) groups is 1. The highest BCUT2D eigenvalue weighted by Crippen LogP contribution is 2.32. The van der Waals surface area contributed by atoms with Gasteiger partial charge >= 0.3 is 0 Å². The largest absolute Gasteiger partial charge is 0.307 e. The van der Waals surface area contributed by atoms with E-state index in [1.807, 2.05) is 0 Å². The van der Waals surface area contributed by atoms with Crippen LogP contribution in [0.1, 0.15) is 53.9 Å². The first kappa shape index (κ1) is 14.0. The number of hydrogen-bond donors (Lipinski definition) is 1. The molecule has 0 spiro atoms. The monoisotopic (exact) mass is 252 g/mol. The Morgan fingerprint density at radius 3 is 2.22 bits per heavy atom. The highest BCUT2D eigenvalue weighted by atomic mass is 16.1. The minimum Gasteiger partial charge on any atom is -0.307 e. The predicted octanol–water partition coefficient (Wildman–Crippen LogP) is 2.21. The Labute approximate surface area is 111 Å². The van der Waals surface area contributed by atoms with Crippen LogP contribution in [-0.4, -0.2) is 40.9 Å². The lowest BCUT2D eigenvalue weighted by molar-refractivity contribution is -0.126. The maximum atomic E-state index is 11.6. The van der Waals surface area contributed by atoms with E-state index in [9.17, 15) is 4.79 Å². The molecular weight excluding hydrogens is 224 g/mol. The molecule has 0 bridgehead atoms. The van der Waals surface area contributed by atoms with Crippen LogP contribution in [0.15, 0.2) is 0 Å². The molecule has 2 aliphatic rings. The lowest BCUT2D eigenvalue weighted by atomic mass is 9.78. The normalized spacial score (nSPS) is 33.6. The van der Waals surface area contributed by atoms with Gasteiger partial charge in [0, 0.05) is 42.5 Å².